The second-order valence-corrected chi connectivity index (χ2v) is 2.88. The zero-order valence-electron chi connectivity index (χ0n) is 7.83. The number of hydrogen-bond acceptors (Lipinski definition) is 3. The normalized spacial score (nSPS) is 10.0. The van der Waals surface area contributed by atoms with Crippen LogP contribution < -0.4 is 5.73 Å². The Morgan fingerprint density at radius 2 is 2.23 bits per heavy atom. The summed E-state index contributed by atoms with van der Waals surface area (Å²) in [6.45, 7) is 1.93. The summed E-state index contributed by atoms with van der Waals surface area (Å²) in [5, 5.41) is 0. The average molecular weight is 179 g/mol. The molecule has 13 heavy (non-hydrogen) atoms. The van der Waals surface area contributed by atoms with Gasteiger partial charge < -0.3 is 10.5 Å². The monoisotopic (exact) mass is 179 g/mol. The van der Waals surface area contributed by atoms with Gasteiger partial charge in [-0.3, -0.25) is 4.79 Å². The zero-order valence-corrected chi connectivity index (χ0v) is 7.83. The van der Waals surface area contributed by atoms with Gasteiger partial charge in [0.15, 0.2) is 5.78 Å². The molecule has 1 aromatic rings. The van der Waals surface area contributed by atoms with Crippen LogP contribution in [0, 0.1) is 6.92 Å². The molecular formula is C10H13NO2. The Morgan fingerprint density at radius 1 is 1.54 bits per heavy atom. The van der Waals surface area contributed by atoms with Crippen LogP contribution in [-0.2, 0) is 4.74 Å². The lowest BCUT2D eigenvalue weighted by Crippen LogP contribution is -2.09. The summed E-state index contributed by atoms with van der Waals surface area (Å²) < 4.78 is 4.76. The fraction of sp³-hybridized carbons (Fsp3) is 0.300. The highest BCUT2D eigenvalue weighted by molar-refractivity contribution is 5.99. The zero-order chi connectivity index (χ0) is 9.84. The first-order chi connectivity index (χ1) is 6.16. The number of hydrogen-bond donors (Lipinski definition) is 1. The number of carbonyl (C=O) groups is 1. The average Bonchev–Trinajstić information content (AvgIpc) is 2.10. The first kappa shape index (κ1) is 9.74. The van der Waals surface area contributed by atoms with E-state index in [4.69, 9.17) is 10.5 Å². The van der Waals surface area contributed by atoms with Crippen molar-refractivity contribution in [1.82, 2.24) is 0 Å². The third-order valence-electron chi connectivity index (χ3n) is 1.95. The van der Waals surface area contributed by atoms with Gasteiger partial charge in [0.2, 0.25) is 0 Å². The van der Waals surface area contributed by atoms with Crippen LogP contribution >= 0.6 is 0 Å². The van der Waals surface area contributed by atoms with Crippen molar-refractivity contribution in [2.45, 2.75) is 6.92 Å². The smallest absolute Gasteiger partial charge is 0.188 e. The van der Waals surface area contributed by atoms with Gasteiger partial charge in [0.25, 0.3) is 0 Å². The van der Waals surface area contributed by atoms with Crippen molar-refractivity contribution in [2.75, 3.05) is 19.5 Å². The Morgan fingerprint density at radius 3 is 2.85 bits per heavy atom. The summed E-state index contributed by atoms with van der Waals surface area (Å²) in [7, 11) is 1.50. The van der Waals surface area contributed by atoms with Crippen molar-refractivity contribution in [2.24, 2.45) is 0 Å². The molecule has 0 atom stereocenters. The number of rotatable bonds is 3. The highest BCUT2D eigenvalue weighted by atomic mass is 16.5. The molecule has 3 heteroatoms. The van der Waals surface area contributed by atoms with Crippen molar-refractivity contribution in [1.29, 1.82) is 0 Å². The molecule has 2 N–H and O–H groups in total. The highest BCUT2D eigenvalue weighted by Gasteiger charge is 2.09. The predicted molar refractivity (Wildman–Crippen MR) is 51.8 cm³/mol. The number of nitrogens with two attached hydrogens (primary N) is 1. The van der Waals surface area contributed by atoms with E-state index in [1.54, 1.807) is 18.2 Å². The van der Waals surface area contributed by atoms with Crippen molar-refractivity contribution >= 4 is 11.5 Å². The molecule has 0 saturated carbocycles. The Bertz CT molecular complexity index is 321. The Balaban J connectivity index is 3.01. The van der Waals surface area contributed by atoms with E-state index in [9.17, 15) is 4.79 Å². The molecule has 70 valence electrons. The van der Waals surface area contributed by atoms with Crippen LogP contribution in [0.4, 0.5) is 5.69 Å². The largest absolute Gasteiger partial charge is 0.398 e. The maximum atomic E-state index is 11.4. The van der Waals surface area contributed by atoms with E-state index < -0.39 is 0 Å². The van der Waals surface area contributed by atoms with E-state index in [1.165, 1.54) is 7.11 Å². The lowest BCUT2D eigenvalue weighted by atomic mass is 10.0. The van der Waals surface area contributed by atoms with E-state index >= 15 is 0 Å². The molecule has 0 aliphatic carbocycles. The highest BCUT2D eigenvalue weighted by Crippen LogP contribution is 2.15. The van der Waals surface area contributed by atoms with E-state index in [0.29, 0.717) is 11.3 Å². The Hall–Kier alpha value is -1.35. The number of anilines is 1. The summed E-state index contributed by atoms with van der Waals surface area (Å²) in [6, 6.07) is 5.30. The predicted octanol–water partition coefficient (Wildman–Crippen LogP) is 1.41. The van der Waals surface area contributed by atoms with Gasteiger partial charge in [-0.25, -0.2) is 0 Å². The van der Waals surface area contributed by atoms with Gasteiger partial charge >= 0.3 is 0 Å². The Kier molecular flexibility index (Phi) is 3.03. The molecule has 0 fully saturated rings. The molecule has 3 nitrogen and oxygen atoms in total. The minimum absolute atomic E-state index is 0.0349. The van der Waals surface area contributed by atoms with Crippen molar-refractivity contribution in [3.63, 3.8) is 0 Å². The van der Waals surface area contributed by atoms with Crippen molar-refractivity contribution in [3.8, 4) is 0 Å². The van der Waals surface area contributed by atoms with Crippen LogP contribution in [0.2, 0.25) is 0 Å². The van der Waals surface area contributed by atoms with Gasteiger partial charge in [-0.1, -0.05) is 12.1 Å². The van der Waals surface area contributed by atoms with Crippen LogP contribution in [0.3, 0.4) is 0 Å². The second-order valence-electron chi connectivity index (χ2n) is 2.88. The molecule has 0 unspecified atom stereocenters. The molecule has 0 aromatic heterocycles. The number of Topliss-reactive ketones (excluding diaryl/α,β-unsaturated/α-hetero) is 1. The summed E-state index contributed by atoms with van der Waals surface area (Å²) in [6.07, 6.45) is 0. The molecule has 0 radical (unpaired) electrons. The summed E-state index contributed by atoms with van der Waals surface area (Å²) in [5.74, 6) is -0.0349. The topological polar surface area (TPSA) is 52.3 Å². The van der Waals surface area contributed by atoms with E-state index in [0.717, 1.165) is 5.56 Å². The fourth-order valence-electron chi connectivity index (χ4n) is 1.16. The summed E-state index contributed by atoms with van der Waals surface area (Å²) >= 11 is 0. The molecule has 0 heterocycles. The number of methoxy groups -OCH3 is 1. The van der Waals surface area contributed by atoms with E-state index in [2.05, 4.69) is 0 Å². The van der Waals surface area contributed by atoms with Gasteiger partial charge in [0, 0.05) is 18.4 Å². The number of ketones is 1. The quantitative estimate of drug-likeness (QED) is 0.563. The number of nitrogen functional groups attached to an aromatic ring is 1. The number of carbonyl (C=O) groups excluding carboxylic acids is 1. The van der Waals surface area contributed by atoms with Crippen LogP contribution in [0.1, 0.15) is 15.9 Å². The molecular weight excluding hydrogens is 166 g/mol. The summed E-state index contributed by atoms with van der Waals surface area (Å²) in [5.41, 5.74) is 7.77. The maximum Gasteiger partial charge on any atom is 0.188 e. The van der Waals surface area contributed by atoms with E-state index in [-0.39, 0.29) is 12.4 Å². The van der Waals surface area contributed by atoms with Gasteiger partial charge in [-0.15, -0.1) is 0 Å². The third kappa shape index (κ3) is 2.06. The summed E-state index contributed by atoms with van der Waals surface area (Å²) in [4.78, 5) is 11.4. The van der Waals surface area contributed by atoms with Gasteiger partial charge in [0.05, 0.1) is 0 Å². The second kappa shape index (κ2) is 4.05. The molecule has 1 aromatic carbocycles. The molecule has 1 rings (SSSR count). The SMILES string of the molecule is COCC(=O)c1cccc(N)c1C. The van der Waals surface area contributed by atoms with Gasteiger partial charge in [0.1, 0.15) is 6.61 Å². The molecule has 0 amide bonds. The van der Waals surface area contributed by atoms with Crippen LogP contribution in [0.25, 0.3) is 0 Å². The molecule has 0 saturated heterocycles. The minimum Gasteiger partial charge on any atom is -0.398 e. The lowest BCUT2D eigenvalue weighted by Gasteiger charge is -2.06. The molecule has 0 spiro atoms. The maximum absolute atomic E-state index is 11.4. The lowest BCUT2D eigenvalue weighted by molar-refractivity contribution is 0.0847. The first-order valence-electron chi connectivity index (χ1n) is 4.04. The standard InChI is InChI=1S/C10H13NO2/c1-7-8(10(12)6-13-2)4-3-5-9(7)11/h3-5H,6,11H2,1-2H3. The molecule has 0 aliphatic heterocycles. The Labute approximate surface area is 77.5 Å². The van der Waals surface area contributed by atoms with Crippen LogP contribution in [0.5, 0.6) is 0 Å². The fourth-order valence-corrected chi connectivity index (χ4v) is 1.16. The number of ether oxygens (including phenoxy) is 1. The van der Waals surface area contributed by atoms with Crippen molar-refractivity contribution < 1.29 is 9.53 Å². The van der Waals surface area contributed by atoms with Crippen molar-refractivity contribution in [3.05, 3.63) is 29.3 Å². The minimum atomic E-state index is -0.0349. The van der Waals surface area contributed by atoms with Gasteiger partial charge in [-0.2, -0.15) is 0 Å². The molecule has 0 aliphatic rings. The molecule has 0 bridgehead atoms. The first-order valence-corrected chi connectivity index (χ1v) is 4.04. The van der Waals surface area contributed by atoms with Crippen LogP contribution in [-0.4, -0.2) is 19.5 Å². The van der Waals surface area contributed by atoms with E-state index in [1.807, 2.05) is 6.92 Å². The van der Waals surface area contributed by atoms with Crippen LogP contribution in [0.15, 0.2) is 18.2 Å². The third-order valence-corrected chi connectivity index (χ3v) is 1.95. The van der Waals surface area contributed by atoms with Gasteiger partial charge in [-0.05, 0) is 18.6 Å². The number of benzene rings is 1.